The first-order valence-corrected chi connectivity index (χ1v) is 6.41. The summed E-state index contributed by atoms with van der Waals surface area (Å²) in [7, 11) is 0. The molecule has 0 aromatic carbocycles. The van der Waals surface area contributed by atoms with Gasteiger partial charge >= 0.3 is 0 Å². The molecule has 1 fully saturated rings. The van der Waals surface area contributed by atoms with E-state index in [-0.39, 0.29) is 17.9 Å². The normalized spacial score (nSPS) is 23.9. The fraction of sp³-hybridized carbons (Fsp3) is 0.692. The van der Waals surface area contributed by atoms with Gasteiger partial charge in [0.15, 0.2) is 0 Å². The first-order valence-electron chi connectivity index (χ1n) is 6.41. The van der Waals surface area contributed by atoms with Gasteiger partial charge < -0.3 is 10.0 Å². The molecule has 0 saturated carbocycles. The Labute approximate surface area is 107 Å². The summed E-state index contributed by atoms with van der Waals surface area (Å²) >= 11 is 0. The van der Waals surface area contributed by atoms with E-state index >= 15 is 0 Å². The lowest BCUT2D eigenvalue weighted by atomic mass is 9.77. The highest BCUT2D eigenvalue weighted by molar-refractivity contribution is 5.92. The number of nitrogens with one attached hydrogen (secondary N) is 1. The molecule has 1 amide bonds. The predicted molar refractivity (Wildman–Crippen MR) is 68.2 cm³/mol. The van der Waals surface area contributed by atoms with Gasteiger partial charge in [0.25, 0.3) is 5.91 Å². The second-order valence-corrected chi connectivity index (χ2v) is 5.59. The van der Waals surface area contributed by atoms with Gasteiger partial charge in [0.1, 0.15) is 5.69 Å². The number of aromatic nitrogens is 2. The van der Waals surface area contributed by atoms with E-state index in [4.69, 9.17) is 0 Å². The summed E-state index contributed by atoms with van der Waals surface area (Å²) in [6.45, 7) is 7.52. The maximum Gasteiger partial charge on any atom is 0.274 e. The molecule has 2 N–H and O–H groups in total. The number of carbonyl (C=O) groups is 1. The van der Waals surface area contributed by atoms with Crippen molar-refractivity contribution in [1.82, 2.24) is 15.1 Å². The molecule has 5 heteroatoms. The number of amides is 1. The van der Waals surface area contributed by atoms with Crippen molar-refractivity contribution in [1.29, 1.82) is 0 Å². The summed E-state index contributed by atoms with van der Waals surface area (Å²) in [5, 5.41) is 16.4. The van der Waals surface area contributed by atoms with E-state index in [0.29, 0.717) is 24.7 Å². The van der Waals surface area contributed by atoms with Crippen LogP contribution < -0.4 is 0 Å². The van der Waals surface area contributed by atoms with E-state index < -0.39 is 0 Å². The number of rotatable bonds is 3. The van der Waals surface area contributed by atoms with Crippen molar-refractivity contribution in [2.24, 2.45) is 11.3 Å². The molecule has 2 heterocycles. The second kappa shape index (κ2) is 4.72. The van der Waals surface area contributed by atoms with Gasteiger partial charge in [-0.2, -0.15) is 5.10 Å². The molecule has 1 aromatic rings. The number of aromatic amines is 1. The van der Waals surface area contributed by atoms with Crippen LogP contribution in [0.15, 0.2) is 6.07 Å². The van der Waals surface area contributed by atoms with Gasteiger partial charge in [0.05, 0.1) is 6.61 Å². The zero-order valence-electron chi connectivity index (χ0n) is 11.2. The molecular weight excluding hydrogens is 230 g/mol. The average Bonchev–Trinajstić information content (AvgIpc) is 2.95. The van der Waals surface area contributed by atoms with Gasteiger partial charge in [0.2, 0.25) is 0 Å². The molecule has 100 valence electrons. The summed E-state index contributed by atoms with van der Waals surface area (Å²) in [5.41, 5.74) is 1.20. The van der Waals surface area contributed by atoms with Crippen molar-refractivity contribution in [3.63, 3.8) is 0 Å². The van der Waals surface area contributed by atoms with Crippen LogP contribution in [0.4, 0.5) is 0 Å². The Morgan fingerprint density at radius 3 is 2.83 bits per heavy atom. The minimum atomic E-state index is -0.152. The average molecular weight is 251 g/mol. The van der Waals surface area contributed by atoms with Gasteiger partial charge in [-0.05, 0) is 25.3 Å². The minimum absolute atomic E-state index is 0.0460. The fourth-order valence-electron chi connectivity index (χ4n) is 2.54. The number of aryl methyl sites for hydroxylation is 1. The zero-order chi connectivity index (χ0) is 13.3. The zero-order valence-corrected chi connectivity index (χ0v) is 11.2. The number of carbonyl (C=O) groups excluding carboxylic acids is 1. The number of H-pyrrole nitrogens is 1. The molecule has 1 saturated heterocycles. The molecule has 1 aromatic heterocycles. The lowest BCUT2D eigenvalue weighted by Crippen LogP contribution is -2.37. The van der Waals surface area contributed by atoms with Crippen LogP contribution in [0.25, 0.3) is 0 Å². The van der Waals surface area contributed by atoms with Gasteiger partial charge in [-0.1, -0.05) is 13.8 Å². The maximum atomic E-state index is 12.2. The van der Waals surface area contributed by atoms with E-state index in [1.807, 2.05) is 6.92 Å². The Hall–Kier alpha value is -1.36. The Morgan fingerprint density at radius 1 is 1.67 bits per heavy atom. The van der Waals surface area contributed by atoms with Crippen molar-refractivity contribution in [2.75, 3.05) is 19.7 Å². The van der Waals surface area contributed by atoms with Crippen molar-refractivity contribution in [3.8, 4) is 0 Å². The van der Waals surface area contributed by atoms with Crippen LogP contribution in [0, 0.1) is 18.3 Å². The third-order valence-electron chi connectivity index (χ3n) is 4.14. The molecule has 0 radical (unpaired) electrons. The molecule has 1 aliphatic rings. The third kappa shape index (κ3) is 2.14. The second-order valence-electron chi connectivity index (χ2n) is 5.59. The predicted octanol–water partition coefficient (Wildman–Crippen LogP) is 1.20. The van der Waals surface area contributed by atoms with Crippen LogP contribution in [-0.2, 0) is 0 Å². The Morgan fingerprint density at radius 2 is 2.39 bits per heavy atom. The maximum absolute atomic E-state index is 12.2. The Kier molecular flexibility index (Phi) is 3.43. The number of nitrogens with zero attached hydrogens (tertiary/aromatic N) is 2. The molecule has 1 unspecified atom stereocenters. The van der Waals surface area contributed by atoms with E-state index in [9.17, 15) is 9.90 Å². The molecule has 1 atom stereocenters. The summed E-state index contributed by atoms with van der Waals surface area (Å²) in [4.78, 5) is 14.0. The van der Waals surface area contributed by atoms with E-state index in [1.165, 1.54) is 0 Å². The van der Waals surface area contributed by atoms with Gasteiger partial charge in [0, 0.05) is 24.2 Å². The largest absolute Gasteiger partial charge is 0.396 e. The van der Waals surface area contributed by atoms with Crippen molar-refractivity contribution >= 4 is 5.91 Å². The number of hydrogen-bond donors (Lipinski definition) is 2. The molecule has 5 nitrogen and oxygen atoms in total. The number of hydrogen-bond acceptors (Lipinski definition) is 3. The summed E-state index contributed by atoms with van der Waals surface area (Å²) in [6, 6.07) is 1.76. The third-order valence-corrected chi connectivity index (χ3v) is 4.14. The highest BCUT2D eigenvalue weighted by Crippen LogP contribution is 2.37. The number of likely N-dealkylation sites (tertiary alicyclic amines) is 1. The van der Waals surface area contributed by atoms with Crippen LogP contribution >= 0.6 is 0 Å². The lowest BCUT2D eigenvalue weighted by Gasteiger charge is -2.31. The van der Waals surface area contributed by atoms with Crippen LogP contribution in [-0.4, -0.2) is 45.8 Å². The van der Waals surface area contributed by atoms with Crippen molar-refractivity contribution in [3.05, 3.63) is 17.5 Å². The van der Waals surface area contributed by atoms with Crippen molar-refractivity contribution in [2.45, 2.75) is 27.2 Å². The minimum Gasteiger partial charge on any atom is -0.396 e. The molecular formula is C13H21N3O2. The molecule has 1 aliphatic heterocycles. The lowest BCUT2D eigenvalue weighted by molar-refractivity contribution is 0.0646. The Bertz CT molecular complexity index is 441. The SMILES string of the molecule is Cc1cc(C(=O)N2CCC(CO)(C(C)C)C2)n[nH]1. The molecule has 0 aliphatic carbocycles. The van der Waals surface area contributed by atoms with Crippen molar-refractivity contribution < 1.29 is 9.90 Å². The topological polar surface area (TPSA) is 69.2 Å². The Balaban J connectivity index is 2.11. The van der Waals surface area contributed by atoms with Gasteiger partial charge in [-0.25, -0.2) is 0 Å². The van der Waals surface area contributed by atoms with Crippen LogP contribution in [0.5, 0.6) is 0 Å². The fourth-order valence-corrected chi connectivity index (χ4v) is 2.54. The van der Waals surface area contributed by atoms with Gasteiger partial charge in [-0.3, -0.25) is 9.89 Å². The summed E-state index contributed by atoms with van der Waals surface area (Å²) < 4.78 is 0. The van der Waals surface area contributed by atoms with E-state index in [1.54, 1.807) is 11.0 Å². The number of aliphatic hydroxyl groups excluding tert-OH is 1. The first kappa shape index (κ1) is 13.1. The highest BCUT2D eigenvalue weighted by Gasteiger charge is 2.42. The smallest absolute Gasteiger partial charge is 0.274 e. The molecule has 0 spiro atoms. The standard InChI is InChI=1S/C13H21N3O2/c1-9(2)13(8-17)4-5-16(7-13)12(18)11-6-10(3)14-15-11/h6,9,17H,4-5,7-8H2,1-3H3,(H,14,15). The first-order chi connectivity index (χ1) is 8.48. The molecule has 2 rings (SSSR count). The van der Waals surface area contributed by atoms with E-state index in [0.717, 1.165) is 12.1 Å². The molecule has 18 heavy (non-hydrogen) atoms. The summed E-state index contributed by atoms with van der Waals surface area (Å²) in [6.07, 6.45) is 0.857. The monoisotopic (exact) mass is 251 g/mol. The number of aliphatic hydroxyl groups is 1. The van der Waals surface area contributed by atoms with E-state index in [2.05, 4.69) is 24.0 Å². The van der Waals surface area contributed by atoms with Crippen LogP contribution in [0.2, 0.25) is 0 Å². The van der Waals surface area contributed by atoms with Gasteiger partial charge in [-0.15, -0.1) is 0 Å². The van der Waals surface area contributed by atoms with Crippen LogP contribution in [0.3, 0.4) is 0 Å². The summed E-state index contributed by atoms with van der Waals surface area (Å²) in [5.74, 6) is 0.316. The molecule has 0 bridgehead atoms. The van der Waals surface area contributed by atoms with Crippen LogP contribution in [0.1, 0.15) is 36.5 Å². The highest BCUT2D eigenvalue weighted by atomic mass is 16.3. The quantitative estimate of drug-likeness (QED) is 0.848.